The van der Waals surface area contributed by atoms with Crippen LogP contribution >= 0.6 is 11.6 Å². The molecule has 1 amide bonds. The normalized spacial score (nSPS) is 16.9. The number of halogens is 1. The molecule has 3 nitrogen and oxygen atoms in total. The lowest BCUT2D eigenvalue weighted by molar-refractivity contribution is -0.130. The molecule has 1 aliphatic carbocycles. The van der Waals surface area contributed by atoms with Gasteiger partial charge in [0.2, 0.25) is 5.91 Å². The minimum Gasteiger partial charge on any atom is -0.390 e. The molecule has 0 unspecified atom stereocenters. The summed E-state index contributed by atoms with van der Waals surface area (Å²) in [5.74, 6) is 0.131. The lowest BCUT2D eigenvalue weighted by Gasteiger charge is -2.25. The standard InChI is InChI=1S/C17H24ClNO2/c1-19(13-12-17(21)10-2-3-11-17)16(20)9-6-14-4-7-15(18)8-5-14/h4-5,7-8,21H,2-3,6,9-13H2,1H3. The molecule has 0 saturated heterocycles. The van der Waals surface area contributed by atoms with Crippen molar-refractivity contribution in [2.75, 3.05) is 13.6 Å². The van der Waals surface area contributed by atoms with E-state index in [1.54, 1.807) is 4.90 Å². The Labute approximate surface area is 131 Å². The van der Waals surface area contributed by atoms with Crippen LogP contribution in [0.3, 0.4) is 0 Å². The van der Waals surface area contributed by atoms with E-state index < -0.39 is 5.60 Å². The van der Waals surface area contributed by atoms with Crippen molar-refractivity contribution in [2.24, 2.45) is 0 Å². The first kappa shape index (κ1) is 16.3. The predicted molar refractivity (Wildman–Crippen MR) is 85.4 cm³/mol. The number of aliphatic hydroxyl groups is 1. The topological polar surface area (TPSA) is 40.5 Å². The molecule has 4 heteroatoms. The second kappa shape index (κ2) is 7.28. The van der Waals surface area contributed by atoms with Crippen LogP contribution in [0.4, 0.5) is 0 Å². The molecule has 2 rings (SSSR count). The van der Waals surface area contributed by atoms with E-state index in [1.165, 1.54) is 0 Å². The fraction of sp³-hybridized carbons (Fsp3) is 0.588. The number of hydrogen-bond acceptors (Lipinski definition) is 2. The fourth-order valence-corrected chi connectivity index (χ4v) is 3.00. The minimum absolute atomic E-state index is 0.131. The summed E-state index contributed by atoms with van der Waals surface area (Å²) in [4.78, 5) is 13.9. The summed E-state index contributed by atoms with van der Waals surface area (Å²) in [5, 5.41) is 11.0. The van der Waals surface area contributed by atoms with Gasteiger partial charge in [0.25, 0.3) is 0 Å². The highest BCUT2D eigenvalue weighted by molar-refractivity contribution is 6.30. The van der Waals surface area contributed by atoms with Crippen LogP contribution in [0.1, 0.15) is 44.1 Å². The van der Waals surface area contributed by atoms with Crippen molar-refractivity contribution in [3.63, 3.8) is 0 Å². The molecule has 0 aromatic heterocycles. The van der Waals surface area contributed by atoms with E-state index >= 15 is 0 Å². The molecular formula is C17H24ClNO2. The predicted octanol–water partition coefficient (Wildman–Crippen LogP) is 3.43. The molecule has 0 heterocycles. The van der Waals surface area contributed by atoms with Crippen LogP contribution in [0.25, 0.3) is 0 Å². The molecule has 1 fully saturated rings. The van der Waals surface area contributed by atoms with E-state index in [0.717, 1.165) is 37.7 Å². The van der Waals surface area contributed by atoms with E-state index in [2.05, 4.69) is 0 Å². The monoisotopic (exact) mass is 309 g/mol. The van der Waals surface area contributed by atoms with Gasteiger partial charge in [-0.1, -0.05) is 36.6 Å². The second-order valence-corrected chi connectivity index (χ2v) is 6.56. The van der Waals surface area contributed by atoms with Crippen LogP contribution in [0.2, 0.25) is 5.02 Å². The minimum atomic E-state index is -0.537. The Bertz CT molecular complexity index is 466. The lowest BCUT2D eigenvalue weighted by Crippen LogP contribution is -2.34. The number of carbonyl (C=O) groups is 1. The highest BCUT2D eigenvalue weighted by atomic mass is 35.5. The number of carbonyl (C=O) groups excluding carboxylic acids is 1. The molecule has 1 aromatic carbocycles. The van der Waals surface area contributed by atoms with Crippen LogP contribution in [0.5, 0.6) is 0 Å². The maximum absolute atomic E-state index is 12.1. The largest absolute Gasteiger partial charge is 0.390 e. The summed E-state index contributed by atoms with van der Waals surface area (Å²) in [6, 6.07) is 7.61. The number of benzene rings is 1. The maximum atomic E-state index is 12.1. The van der Waals surface area contributed by atoms with E-state index in [-0.39, 0.29) is 5.91 Å². The Kier molecular flexibility index (Phi) is 5.65. The molecule has 116 valence electrons. The Morgan fingerprint density at radius 3 is 2.52 bits per heavy atom. The number of amides is 1. The van der Waals surface area contributed by atoms with Crippen molar-refractivity contribution < 1.29 is 9.90 Å². The van der Waals surface area contributed by atoms with Gasteiger partial charge in [0.05, 0.1) is 5.60 Å². The first-order chi connectivity index (χ1) is 9.98. The Hall–Kier alpha value is -1.06. The molecule has 1 saturated carbocycles. The van der Waals surface area contributed by atoms with E-state index in [4.69, 9.17) is 11.6 Å². The number of aryl methyl sites for hydroxylation is 1. The maximum Gasteiger partial charge on any atom is 0.222 e. The molecule has 0 atom stereocenters. The zero-order valence-corrected chi connectivity index (χ0v) is 13.4. The average Bonchev–Trinajstić information content (AvgIpc) is 2.91. The summed E-state index contributed by atoms with van der Waals surface area (Å²) in [6.45, 7) is 0.635. The van der Waals surface area contributed by atoms with Gasteiger partial charge in [-0.25, -0.2) is 0 Å². The van der Waals surface area contributed by atoms with Gasteiger partial charge in [-0.3, -0.25) is 4.79 Å². The van der Waals surface area contributed by atoms with Gasteiger partial charge in [-0.05, 0) is 43.4 Å². The average molecular weight is 310 g/mol. The van der Waals surface area contributed by atoms with Crippen LogP contribution < -0.4 is 0 Å². The Balaban J connectivity index is 1.73. The summed E-state index contributed by atoms with van der Waals surface area (Å²) in [7, 11) is 1.82. The summed E-state index contributed by atoms with van der Waals surface area (Å²) in [6.07, 6.45) is 5.87. The highest BCUT2D eigenvalue weighted by Crippen LogP contribution is 2.32. The van der Waals surface area contributed by atoms with Crippen molar-refractivity contribution in [3.8, 4) is 0 Å². The Morgan fingerprint density at radius 1 is 1.29 bits per heavy atom. The van der Waals surface area contributed by atoms with E-state index in [0.29, 0.717) is 24.4 Å². The zero-order chi connectivity index (χ0) is 15.3. The molecule has 0 spiro atoms. The van der Waals surface area contributed by atoms with Gasteiger partial charge in [0.15, 0.2) is 0 Å². The van der Waals surface area contributed by atoms with Crippen LogP contribution in [-0.2, 0) is 11.2 Å². The summed E-state index contributed by atoms with van der Waals surface area (Å²) < 4.78 is 0. The number of nitrogens with zero attached hydrogens (tertiary/aromatic N) is 1. The van der Waals surface area contributed by atoms with Gasteiger partial charge in [0.1, 0.15) is 0 Å². The molecule has 0 radical (unpaired) electrons. The van der Waals surface area contributed by atoms with Crippen molar-refractivity contribution in [1.29, 1.82) is 0 Å². The van der Waals surface area contributed by atoms with Crippen LogP contribution in [0, 0.1) is 0 Å². The highest BCUT2D eigenvalue weighted by Gasteiger charge is 2.31. The third kappa shape index (κ3) is 5.01. The SMILES string of the molecule is CN(CCC1(O)CCCC1)C(=O)CCc1ccc(Cl)cc1. The number of hydrogen-bond donors (Lipinski definition) is 1. The van der Waals surface area contributed by atoms with Gasteiger partial charge >= 0.3 is 0 Å². The van der Waals surface area contributed by atoms with E-state index in [1.807, 2.05) is 31.3 Å². The molecule has 21 heavy (non-hydrogen) atoms. The van der Waals surface area contributed by atoms with Gasteiger partial charge in [-0.2, -0.15) is 0 Å². The third-order valence-electron chi connectivity index (χ3n) is 4.41. The third-order valence-corrected chi connectivity index (χ3v) is 4.67. The van der Waals surface area contributed by atoms with Crippen molar-refractivity contribution in [3.05, 3.63) is 34.9 Å². The van der Waals surface area contributed by atoms with Crippen molar-refractivity contribution >= 4 is 17.5 Å². The quantitative estimate of drug-likeness (QED) is 0.874. The number of rotatable bonds is 6. The van der Waals surface area contributed by atoms with Crippen molar-refractivity contribution in [2.45, 2.75) is 50.5 Å². The first-order valence-corrected chi connectivity index (χ1v) is 8.07. The van der Waals surface area contributed by atoms with Crippen LogP contribution in [0.15, 0.2) is 24.3 Å². The molecular weight excluding hydrogens is 286 g/mol. The smallest absolute Gasteiger partial charge is 0.222 e. The molecule has 1 N–H and O–H groups in total. The second-order valence-electron chi connectivity index (χ2n) is 6.12. The fourth-order valence-electron chi connectivity index (χ4n) is 2.88. The van der Waals surface area contributed by atoms with Crippen molar-refractivity contribution in [1.82, 2.24) is 4.90 Å². The zero-order valence-electron chi connectivity index (χ0n) is 12.6. The Morgan fingerprint density at radius 2 is 1.90 bits per heavy atom. The first-order valence-electron chi connectivity index (χ1n) is 7.69. The molecule has 0 bridgehead atoms. The molecule has 1 aromatic rings. The van der Waals surface area contributed by atoms with Gasteiger partial charge in [-0.15, -0.1) is 0 Å². The molecule has 1 aliphatic rings. The van der Waals surface area contributed by atoms with Gasteiger partial charge < -0.3 is 10.0 Å². The molecule has 0 aliphatic heterocycles. The van der Waals surface area contributed by atoms with Crippen LogP contribution in [-0.4, -0.2) is 35.1 Å². The summed E-state index contributed by atoms with van der Waals surface area (Å²) in [5.41, 5.74) is 0.584. The lowest BCUT2D eigenvalue weighted by atomic mass is 9.98. The van der Waals surface area contributed by atoms with E-state index in [9.17, 15) is 9.90 Å². The summed E-state index contributed by atoms with van der Waals surface area (Å²) >= 11 is 5.84. The van der Waals surface area contributed by atoms with Gasteiger partial charge in [0, 0.05) is 25.0 Å².